The Bertz CT molecular complexity index is 339. The molecule has 3 heteroatoms. The van der Waals surface area contributed by atoms with E-state index < -0.39 is 0 Å². The van der Waals surface area contributed by atoms with Crippen molar-refractivity contribution in [3.05, 3.63) is 35.6 Å². The Labute approximate surface area is 122 Å². The summed E-state index contributed by atoms with van der Waals surface area (Å²) in [4.78, 5) is 0. The van der Waals surface area contributed by atoms with E-state index in [1.165, 1.54) is 5.56 Å². The van der Waals surface area contributed by atoms with E-state index in [4.69, 9.17) is 4.74 Å². The van der Waals surface area contributed by atoms with Crippen LogP contribution >= 0.6 is 0 Å². The van der Waals surface area contributed by atoms with Gasteiger partial charge in [0.25, 0.3) is 0 Å². The van der Waals surface area contributed by atoms with Crippen LogP contribution in [-0.4, -0.2) is 26.3 Å². The van der Waals surface area contributed by atoms with Gasteiger partial charge in [0.2, 0.25) is 0 Å². The number of nitrogens with one attached hydrogen (secondary N) is 1. The number of halogens is 1. The zero-order valence-corrected chi connectivity index (χ0v) is 12.8. The van der Waals surface area contributed by atoms with Gasteiger partial charge in [-0.05, 0) is 62.4 Å². The second-order valence-electron chi connectivity index (χ2n) is 5.30. The first-order valence-corrected chi connectivity index (χ1v) is 7.79. The smallest absolute Gasteiger partial charge is 0.123 e. The maximum absolute atomic E-state index is 12.9. The van der Waals surface area contributed by atoms with Crippen LogP contribution in [0.4, 0.5) is 4.39 Å². The predicted molar refractivity (Wildman–Crippen MR) is 82.5 cm³/mol. The summed E-state index contributed by atoms with van der Waals surface area (Å²) in [5.74, 6) is 0.379. The van der Waals surface area contributed by atoms with Crippen LogP contribution in [0.5, 0.6) is 0 Å². The average Bonchev–Trinajstić information content (AvgIpc) is 2.46. The topological polar surface area (TPSA) is 21.3 Å². The quantitative estimate of drug-likeness (QED) is 0.623. The first-order chi connectivity index (χ1) is 9.76. The normalized spacial score (nSPS) is 12.6. The fourth-order valence-corrected chi connectivity index (χ4v) is 2.21. The molecule has 1 rings (SSSR count). The van der Waals surface area contributed by atoms with E-state index in [2.05, 4.69) is 19.2 Å². The summed E-state index contributed by atoms with van der Waals surface area (Å²) in [5, 5.41) is 3.48. The van der Waals surface area contributed by atoms with Gasteiger partial charge >= 0.3 is 0 Å². The zero-order valence-electron chi connectivity index (χ0n) is 12.8. The van der Waals surface area contributed by atoms with E-state index in [0.29, 0.717) is 5.92 Å². The number of hydrogen-bond acceptors (Lipinski definition) is 2. The van der Waals surface area contributed by atoms with Gasteiger partial charge in [-0.3, -0.25) is 0 Å². The molecule has 0 saturated heterocycles. The second-order valence-corrected chi connectivity index (χ2v) is 5.30. The monoisotopic (exact) mass is 281 g/mol. The molecule has 1 aromatic carbocycles. The minimum atomic E-state index is -0.166. The third-order valence-corrected chi connectivity index (χ3v) is 3.32. The van der Waals surface area contributed by atoms with Crippen LogP contribution in [0.3, 0.4) is 0 Å². The molecule has 1 unspecified atom stereocenters. The van der Waals surface area contributed by atoms with E-state index in [1.54, 1.807) is 12.1 Å². The van der Waals surface area contributed by atoms with E-state index in [0.717, 1.165) is 52.0 Å². The second kappa shape index (κ2) is 10.8. The Balaban J connectivity index is 2.41. The van der Waals surface area contributed by atoms with Gasteiger partial charge in [0.1, 0.15) is 5.82 Å². The van der Waals surface area contributed by atoms with Crippen molar-refractivity contribution >= 4 is 0 Å². The van der Waals surface area contributed by atoms with E-state index in [1.807, 2.05) is 12.1 Å². The van der Waals surface area contributed by atoms with Crippen LogP contribution in [0, 0.1) is 11.7 Å². The van der Waals surface area contributed by atoms with Crippen molar-refractivity contribution in [2.24, 2.45) is 5.92 Å². The zero-order chi connectivity index (χ0) is 14.6. The van der Waals surface area contributed by atoms with Gasteiger partial charge in [-0.1, -0.05) is 26.0 Å². The van der Waals surface area contributed by atoms with Crippen molar-refractivity contribution in [1.29, 1.82) is 0 Å². The number of hydrogen-bond donors (Lipinski definition) is 1. The maximum atomic E-state index is 12.9. The molecule has 0 spiro atoms. The lowest BCUT2D eigenvalue weighted by molar-refractivity contribution is 0.120. The summed E-state index contributed by atoms with van der Waals surface area (Å²) in [6.07, 6.45) is 4.24. The van der Waals surface area contributed by atoms with Crippen LogP contribution in [0.25, 0.3) is 0 Å². The minimum Gasteiger partial charge on any atom is -0.381 e. The molecule has 0 amide bonds. The third-order valence-electron chi connectivity index (χ3n) is 3.32. The van der Waals surface area contributed by atoms with E-state index >= 15 is 0 Å². The lowest BCUT2D eigenvalue weighted by Crippen LogP contribution is -2.26. The first-order valence-electron chi connectivity index (χ1n) is 7.79. The third kappa shape index (κ3) is 7.61. The van der Waals surface area contributed by atoms with Crippen molar-refractivity contribution < 1.29 is 9.13 Å². The molecule has 0 aliphatic heterocycles. The lowest BCUT2D eigenvalue weighted by Gasteiger charge is -2.18. The molecule has 0 aliphatic rings. The summed E-state index contributed by atoms with van der Waals surface area (Å²) >= 11 is 0. The molecule has 1 N–H and O–H groups in total. The Morgan fingerprint density at radius 1 is 1.10 bits per heavy atom. The van der Waals surface area contributed by atoms with Gasteiger partial charge in [0.15, 0.2) is 0 Å². The molecule has 0 aromatic heterocycles. The predicted octanol–water partition coefficient (Wildman–Crippen LogP) is 3.80. The van der Waals surface area contributed by atoms with Crippen LogP contribution in [-0.2, 0) is 11.2 Å². The molecule has 0 heterocycles. The highest BCUT2D eigenvalue weighted by Gasteiger charge is 2.10. The van der Waals surface area contributed by atoms with Crippen molar-refractivity contribution in [3.63, 3.8) is 0 Å². The van der Waals surface area contributed by atoms with E-state index in [9.17, 15) is 4.39 Å². The van der Waals surface area contributed by atoms with Gasteiger partial charge < -0.3 is 10.1 Å². The fourth-order valence-electron chi connectivity index (χ4n) is 2.21. The number of benzene rings is 1. The molecule has 20 heavy (non-hydrogen) atoms. The van der Waals surface area contributed by atoms with Crippen molar-refractivity contribution in [2.75, 3.05) is 26.3 Å². The summed E-state index contributed by atoms with van der Waals surface area (Å²) in [6.45, 7) is 8.00. The Hall–Kier alpha value is -0.930. The molecule has 0 radical (unpaired) electrons. The molecular weight excluding hydrogens is 253 g/mol. The van der Waals surface area contributed by atoms with E-state index in [-0.39, 0.29) is 5.82 Å². The van der Waals surface area contributed by atoms with Gasteiger partial charge in [-0.25, -0.2) is 4.39 Å². The molecule has 0 bridgehead atoms. The van der Waals surface area contributed by atoms with Crippen LogP contribution in [0.1, 0.15) is 38.7 Å². The largest absolute Gasteiger partial charge is 0.381 e. The summed E-state index contributed by atoms with van der Waals surface area (Å²) in [5.41, 5.74) is 1.20. The molecule has 2 nitrogen and oxygen atoms in total. The highest BCUT2D eigenvalue weighted by Crippen LogP contribution is 2.13. The van der Waals surface area contributed by atoms with Crippen molar-refractivity contribution in [2.45, 2.75) is 39.5 Å². The fraction of sp³-hybridized carbons (Fsp3) is 0.647. The van der Waals surface area contributed by atoms with Crippen LogP contribution < -0.4 is 5.32 Å². The molecule has 0 saturated carbocycles. The van der Waals surface area contributed by atoms with Gasteiger partial charge in [0.05, 0.1) is 0 Å². The summed E-state index contributed by atoms with van der Waals surface area (Å²) in [6, 6.07) is 6.85. The van der Waals surface area contributed by atoms with Gasteiger partial charge in [-0.2, -0.15) is 0 Å². The maximum Gasteiger partial charge on any atom is 0.123 e. The Kier molecular flexibility index (Phi) is 9.25. The van der Waals surface area contributed by atoms with Crippen LogP contribution in [0.15, 0.2) is 24.3 Å². The molecule has 1 aromatic rings. The molecule has 1 atom stereocenters. The van der Waals surface area contributed by atoms with Crippen LogP contribution in [0.2, 0.25) is 0 Å². The van der Waals surface area contributed by atoms with Crippen molar-refractivity contribution in [1.82, 2.24) is 5.32 Å². The molecule has 0 aliphatic carbocycles. The highest BCUT2D eigenvalue weighted by atomic mass is 19.1. The summed E-state index contributed by atoms with van der Waals surface area (Å²) in [7, 11) is 0. The first kappa shape index (κ1) is 17.1. The molecular formula is C17H28FNO. The highest BCUT2D eigenvalue weighted by molar-refractivity contribution is 5.16. The Morgan fingerprint density at radius 2 is 1.85 bits per heavy atom. The molecule has 0 fully saturated rings. The van der Waals surface area contributed by atoms with Gasteiger partial charge in [0, 0.05) is 13.2 Å². The standard InChI is InChI=1S/C17H28FNO/c1-3-10-19-14-16(9-12-20-11-4-2)13-15-5-7-17(18)8-6-15/h5-8,16,19H,3-4,9-14H2,1-2H3. The minimum absolute atomic E-state index is 0.166. The van der Waals surface area contributed by atoms with Crippen molar-refractivity contribution in [3.8, 4) is 0 Å². The van der Waals surface area contributed by atoms with Gasteiger partial charge in [-0.15, -0.1) is 0 Å². The lowest BCUT2D eigenvalue weighted by atomic mass is 9.96. The number of rotatable bonds is 11. The average molecular weight is 281 g/mol. The summed E-state index contributed by atoms with van der Waals surface area (Å²) < 4.78 is 18.5. The number of ether oxygens (including phenoxy) is 1. The Morgan fingerprint density at radius 3 is 2.50 bits per heavy atom. The molecule has 114 valence electrons. The SMILES string of the molecule is CCCNCC(CCOCCC)Cc1ccc(F)cc1.